The Hall–Kier alpha value is -1.50. The highest BCUT2D eigenvalue weighted by molar-refractivity contribution is 9.10. The second-order valence-electron chi connectivity index (χ2n) is 3.88. The molecular weight excluding hydrogens is 326 g/mol. The summed E-state index contributed by atoms with van der Waals surface area (Å²) in [7, 11) is 0. The molecule has 0 spiro atoms. The Kier molecular flexibility index (Phi) is 3.46. The molecule has 0 amide bonds. The summed E-state index contributed by atoms with van der Waals surface area (Å²) in [6, 6.07) is 7.70. The number of benzene rings is 1. The first-order valence-corrected chi connectivity index (χ1v) is 7.30. The van der Waals surface area contributed by atoms with Crippen molar-refractivity contribution in [2.24, 2.45) is 5.73 Å². The van der Waals surface area contributed by atoms with Crippen molar-refractivity contribution >= 4 is 37.5 Å². The van der Waals surface area contributed by atoms with E-state index in [1.54, 1.807) is 11.3 Å². The Labute approximate surface area is 122 Å². The molecular formula is C13H10BrN3OS. The summed E-state index contributed by atoms with van der Waals surface area (Å²) in [6.45, 7) is 0.409. The van der Waals surface area contributed by atoms with E-state index in [0.29, 0.717) is 12.4 Å². The molecule has 96 valence electrons. The van der Waals surface area contributed by atoms with Gasteiger partial charge in [0, 0.05) is 16.6 Å². The Bertz CT molecular complexity index is 729. The molecule has 0 unspecified atom stereocenters. The van der Waals surface area contributed by atoms with Crippen LogP contribution in [-0.2, 0) is 6.54 Å². The second-order valence-corrected chi connectivity index (χ2v) is 5.69. The van der Waals surface area contributed by atoms with Gasteiger partial charge in [0.2, 0.25) is 5.88 Å². The molecule has 0 radical (unpaired) electrons. The summed E-state index contributed by atoms with van der Waals surface area (Å²) >= 11 is 4.98. The fraction of sp³-hybridized carbons (Fsp3) is 0.0769. The van der Waals surface area contributed by atoms with E-state index in [4.69, 9.17) is 10.5 Å². The van der Waals surface area contributed by atoms with Gasteiger partial charge in [-0.2, -0.15) is 0 Å². The molecule has 0 aliphatic rings. The molecule has 2 heterocycles. The minimum atomic E-state index is 0.409. The van der Waals surface area contributed by atoms with E-state index in [1.165, 1.54) is 6.33 Å². The highest BCUT2D eigenvalue weighted by atomic mass is 79.9. The lowest BCUT2D eigenvalue weighted by atomic mass is 10.2. The van der Waals surface area contributed by atoms with Crippen molar-refractivity contribution in [2.45, 2.75) is 6.54 Å². The zero-order valence-electron chi connectivity index (χ0n) is 9.84. The Balaban J connectivity index is 2.03. The van der Waals surface area contributed by atoms with Crippen LogP contribution in [0.5, 0.6) is 11.6 Å². The SMILES string of the molecule is NCc1cc(Br)ccc1Oc1ncnc2sccc12. The second kappa shape index (κ2) is 5.24. The summed E-state index contributed by atoms with van der Waals surface area (Å²) in [5.74, 6) is 1.28. The normalized spacial score (nSPS) is 10.8. The first kappa shape index (κ1) is 12.5. The van der Waals surface area contributed by atoms with E-state index < -0.39 is 0 Å². The summed E-state index contributed by atoms with van der Waals surface area (Å²) < 4.78 is 6.86. The third-order valence-corrected chi connectivity index (χ3v) is 3.99. The number of rotatable bonds is 3. The summed E-state index contributed by atoms with van der Waals surface area (Å²) in [6.07, 6.45) is 1.51. The van der Waals surface area contributed by atoms with Crippen LogP contribution in [0.2, 0.25) is 0 Å². The van der Waals surface area contributed by atoms with E-state index >= 15 is 0 Å². The van der Waals surface area contributed by atoms with Crippen LogP contribution in [-0.4, -0.2) is 9.97 Å². The number of hydrogen-bond acceptors (Lipinski definition) is 5. The fourth-order valence-corrected chi connectivity index (χ4v) is 2.89. The third-order valence-electron chi connectivity index (χ3n) is 2.67. The van der Waals surface area contributed by atoms with E-state index in [9.17, 15) is 0 Å². The van der Waals surface area contributed by atoms with Crippen LogP contribution in [0.4, 0.5) is 0 Å². The van der Waals surface area contributed by atoms with Crippen LogP contribution < -0.4 is 10.5 Å². The monoisotopic (exact) mass is 335 g/mol. The fourth-order valence-electron chi connectivity index (χ4n) is 1.76. The lowest BCUT2D eigenvalue weighted by Gasteiger charge is -2.10. The molecule has 0 aliphatic carbocycles. The molecule has 4 nitrogen and oxygen atoms in total. The van der Waals surface area contributed by atoms with Gasteiger partial charge in [0.1, 0.15) is 16.9 Å². The van der Waals surface area contributed by atoms with Gasteiger partial charge in [0.15, 0.2) is 0 Å². The summed E-state index contributed by atoms with van der Waals surface area (Å²) in [5, 5.41) is 2.89. The Morgan fingerprint density at radius 1 is 1.26 bits per heavy atom. The lowest BCUT2D eigenvalue weighted by Crippen LogP contribution is -2.00. The van der Waals surface area contributed by atoms with Gasteiger partial charge in [-0.3, -0.25) is 0 Å². The van der Waals surface area contributed by atoms with E-state index in [1.807, 2.05) is 29.6 Å². The first-order chi connectivity index (χ1) is 9.28. The molecule has 0 saturated heterocycles. The number of nitrogens with two attached hydrogens (primary N) is 1. The van der Waals surface area contributed by atoms with Crippen LogP contribution in [0.3, 0.4) is 0 Å². The number of nitrogens with zero attached hydrogens (tertiary/aromatic N) is 2. The predicted molar refractivity (Wildman–Crippen MR) is 79.5 cm³/mol. The maximum Gasteiger partial charge on any atom is 0.231 e. The van der Waals surface area contributed by atoms with Crippen molar-refractivity contribution < 1.29 is 4.74 Å². The molecule has 2 aromatic heterocycles. The van der Waals surface area contributed by atoms with E-state index in [0.717, 1.165) is 26.0 Å². The van der Waals surface area contributed by atoms with Gasteiger partial charge < -0.3 is 10.5 Å². The van der Waals surface area contributed by atoms with Crippen molar-refractivity contribution in [3.63, 3.8) is 0 Å². The molecule has 0 atom stereocenters. The molecule has 1 aromatic carbocycles. The van der Waals surface area contributed by atoms with Crippen molar-refractivity contribution in [3.05, 3.63) is 46.0 Å². The minimum Gasteiger partial charge on any atom is -0.438 e. The summed E-state index contributed by atoms with van der Waals surface area (Å²) in [4.78, 5) is 9.30. The highest BCUT2D eigenvalue weighted by Gasteiger charge is 2.10. The van der Waals surface area contributed by atoms with Crippen LogP contribution >= 0.6 is 27.3 Å². The molecule has 0 saturated carbocycles. The van der Waals surface area contributed by atoms with Crippen LogP contribution in [0, 0.1) is 0 Å². The molecule has 0 bridgehead atoms. The lowest BCUT2D eigenvalue weighted by molar-refractivity contribution is 0.462. The number of ether oxygens (including phenoxy) is 1. The maximum atomic E-state index is 5.88. The van der Waals surface area contributed by atoms with Gasteiger partial charge in [-0.05, 0) is 29.6 Å². The topological polar surface area (TPSA) is 61.0 Å². The smallest absolute Gasteiger partial charge is 0.231 e. The van der Waals surface area contributed by atoms with Crippen molar-refractivity contribution in [2.75, 3.05) is 0 Å². The maximum absolute atomic E-state index is 5.88. The molecule has 2 N–H and O–H groups in total. The number of fused-ring (bicyclic) bond motifs is 1. The van der Waals surface area contributed by atoms with Crippen LogP contribution in [0.25, 0.3) is 10.2 Å². The van der Waals surface area contributed by atoms with E-state index in [-0.39, 0.29) is 0 Å². The Morgan fingerprint density at radius 3 is 3.00 bits per heavy atom. The molecule has 3 rings (SSSR count). The van der Waals surface area contributed by atoms with Crippen molar-refractivity contribution in [1.29, 1.82) is 0 Å². The van der Waals surface area contributed by atoms with E-state index in [2.05, 4.69) is 25.9 Å². The van der Waals surface area contributed by atoms with Gasteiger partial charge in [0.25, 0.3) is 0 Å². The largest absolute Gasteiger partial charge is 0.438 e. The zero-order chi connectivity index (χ0) is 13.2. The standard InChI is InChI=1S/C13H10BrN3OS/c14-9-1-2-11(8(5-9)6-15)18-12-10-3-4-19-13(10)17-7-16-12/h1-5,7H,6,15H2. The first-order valence-electron chi connectivity index (χ1n) is 5.62. The molecule has 0 fully saturated rings. The number of thiophene rings is 1. The van der Waals surface area contributed by atoms with Gasteiger partial charge in [-0.15, -0.1) is 11.3 Å². The summed E-state index contributed by atoms with van der Waals surface area (Å²) in [5.41, 5.74) is 6.66. The number of aromatic nitrogens is 2. The number of halogens is 1. The molecule has 6 heteroatoms. The third kappa shape index (κ3) is 2.47. The minimum absolute atomic E-state index is 0.409. The van der Waals surface area contributed by atoms with Crippen molar-refractivity contribution in [3.8, 4) is 11.6 Å². The van der Waals surface area contributed by atoms with Crippen LogP contribution in [0.15, 0.2) is 40.4 Å². The van der Waals surface area contributed by atoms with Gasteiger partial charge >= 0.3 is 0 Å². The van der Waals surface area contributed by atoms with Crippen molar-refractivity contribution in [1.82, 2.24) is 9.97 Å². The average molecular weight is 336 g/mol. The van der Waals surface area contributed by atoms with Gasteiger partial charge in [-0.1, -0.05) is 15.9 Å². The zero-order valence-corrected chi connectivity index (χ0v) is 12.2. The molecule has 3 aromatic rings. The predicted octanol–water partition coefficient (Wildman–Crippen LogP) is 3.70. The van der Waals surface area contributed by atoms with Gasteiger partial charge in [-0.25, -0.2) is 9.97 Å². The number of hydrogen-bond donors (Lipinski definition) is 1. The van der Waals surface area contributed by atoms with Crippen LogP contribution in [0.1, 0.15) is 5.56 Å². The van der Waals surface area contributed by atoms with Gasteiger partial charge in [0.05, 0.1) is 5.39 Å². The molecule has 0 aliphatic heterocycles. The highest BCUT2D eigenvalue weighted by Crippen LogP contribution is 2.32. The average Bonchev–Trinajstić information content (AvgIpc) is 2.90. The Morgan fingerprint density at radius 2 is 2.16 bits per heavy atom. The molecule has 19 heavy (non-hydrogen) atoms. The quantitative estimate of drug-likeness (QED) is 0.792.